The van der Waals surface area contributed by atoms with Crippen LogP contribution in [0.15, 0.2) is 41.3 Å². The molecule has 0 fully saturated rings. The van der Waals surface area contributed by atoms with E-state index >= 15 is 0 Å². The molecule has 1 N–H and O–H groups in total. The highest BCUT2D eigenvalue weighted by atomic mass is 16.5. The van der Waals surface area contributed by atoms with Gasteiger partial charge in [0, 0.05) is 17.7 Å². The number of aromatic nitrogens is 1. The third-order valence-electron chi connectivity index (χ3n) is 2.75. The van der Waals surface area contributed by atoms with Crippen molar-refractivity contribution >= 4 is 17.6 Å². The van der Waals surface area contributed by atoms with Crippen LogP contribution in [0.5, 0.6) is 0 Å². The molecule has 0 saturated heterocycles. The second-order valence-corrected chi connectivity index (χ2v) is 4.30. The Morgan fingerprint density at radius 3 is 2.62 bits per heavy atom. The highest BCUT2D eigenvalue weighted by molar-refractivity contribution is 5.92. The summed E-state index contributed by atoms with van der Waals surface area (Å²) >= 11 is 0. The van der Waals surface area contributed by atoms with Crippen LogP contribution in [0.1, 0.15) is 19.8 Å². The molecule has 0 aliphatic heterocycles. The predicted octanol–water partition coefficient (Wildman–Crippen LogP) is 2.62. The van der Waals surface area contributed by atoms with Gasteiger partial charge in [0.1, 0.15) is 0 Å². The zero-order valence-corrected chi connectivity index (χ0v) is 11.7. The molecule has 1 aromatic carbocycles. The number of oxazole rings is 1. The van der Waals surface area contributed by atoms with Crippen LogP contribution >= 0.6 is 0 Å². The Kier molecular flexibility index (Phi) is 5.09. The Morgan fingerprint density at radius 1 is 1.24 bits per heavy atom. The van der Waals surface area contributed by atoms with Crippen LogP contribution in [-0.4, -0.2) is 23.5 Å². The normalized spacial score (nSPS) is 10.1. The van der Waals surface area contributed by atoms with Gasteiger partial charge in [-0.2, -0.15) is 0 Å². The summed E-state index contributed by atoms with van der Waals surface area (Å²) in [5.74, 6) is 0.0685. The van der Waals surface area contributed by atoms with E-state index < -0.39 is 0 Å². The van der Waals surface area contributed by atoms with Crippen LogP contribution in [0.4, 0.5) is 5.69 Å². The van der Waals surface area contributed by atoms with Crippen LogP contribution < -0.4 is 5.32 Å². The molecule has 6 nitrogen and oxygen atoms in total. The van der Waals surface area contributed by atoms with E-state index in [-0.39, 0.29) is 24.7 Å². The van der Waals surface area contributed by atoms with Gasteiger partial charge < -0.3 is 14.5 Å². The quantitative estimate of drug-likeness (QED) is 0.826. The van der Waals surface area contributed by atoms with Gasteiger partial charge in [0.2, 0.25) is 5.91 Å². The Bertz CT molecular complexity index is 591. The van der Waals surface area contributed by atoms with E-state index in [9.17, 15) is 9.59 Å². The van der Waals surface area contributed by atoms with Crippen molar-refractivity contribution in [2.75, 3.05) is 11.9 Å². The van der Waals surface area contributed by atoms with Crippen LogP contribution in [0, 0.1) is 0 Å². The number of nitrogens with zero attached hydrogens (tertiary/aromatic N) is 1. The Labute approximate surface area is 122 Å². The molecular formula is C15H16N2O4. The summed E-state index contributed by atoms with van der Waals surface area (Å²) in [4.78, 5) is 26.7. The first-order chi connectivity index (χ1) is 10.2. The molecule has 1 amide bonds. The van der Waals surface area contributed by atoms with E-state index in [1.54, 1.807) is 25.3 Å². The Hall–Kier alpha value is -2.63. The van der Waals surface area contributed by atoms with Gasteiger partial charge in [0.25, 0.3) is 0 Å². The lowest BCUT2D eigenvalue weighted by molar-refractivity contribution is -0.144. The summed E-state index contributed by atoms with van der Waals surface area (Å²) in [5.41, 5.74) is 1.53. The number of carbonyl (C=O) groups is 2. The van der Waals surface area contributed by atoms with Crippen molar-refractivity contribution in [1.82, 2.24) is 4.98 Å². The molecule has 0 saturated carbocycles. The molecule has 6 heteroatoms. The number of benzene rings is 1. The molecule has 21 heavy (non-hydrogen) atoms. The lowest BCUT2D eigenvalue weighted by Gasteiger charge is -2.06. The van der Waals surface area contributed by atoms with Crippen LogP contribution in [0.25, 0.3) is 11.3 Å². The number of ether oxygens (including phenoxy) is 1. The van der Waals surface area contributed by atoms with Gasteiger partial charge in [-0.15, -0.1) is 0 Å². The van der Waals surface area contributed by atoms with Crippen molar-refractivity contribution in [3.63, 3.8) is 0 Å². The molecule has 0 aliphatic rings. The molecule has 0 atom stereocenters. The third kappa shape index (κ3) is 4.45. The molecule has 0 unspecified atom stereocenters. The van der Waals surface area contributed by atoms with Crippen LogP contribution in [0.3, 0.4) is 0 Å². The van der Waals surface area contributed by atoms with E-state index in [0.717, 1.165) is 5.56 Å². The number of anilines is 1. The molecular weight excluding hydrogens is 272 g/mol. The summed E-state index contributed by atoms with van der Waals surface area (Å²) in [6.07, 6.45) is 3.16. The van der Waals surface area contributed by atoms with Crippen molar-refractivity contribution in [1.29, 1.82) is 0 Å². The molecule has 2 aromatic rings. The number of carbonyl (C=O) groups excluding carboxylic acids is 2. The van der Waals surface area contributed by atoms with E-state index in [4.69, 9.17) is 9.15 Å². The molecule has 0 radical (unpaired) electrons. The fourth-order valence-electron chi connectivity index (χ4n) is 1.75. The van der Waals surface area contributed by atoms with E-state index in [1.807, 2.05) is 12.1 Å². The molecule has 0 bridgehead atoms. The predicted molar refractivity (Wildman–Crippen MR) is 76.4 cm³/mol. The van der Waals surface area contributed by atoms with Crippen molar-refractivity contribution in [3.05, 3.63) is 36.9 Å². The van der Waals surface area contributed by atoms with Gasteiger partial charge in [-0.05, 0) is 31.2 Å². The summed E-state index contributed by atoms with van der Waals surface area (Å²) in [5, 5.41) is 2.72. The maximum absolute atomic E-state index is 11.7. The van der Waals surface area contributed by atoms with Gasteiger partial charge in [0.05, 0.1) is 19.2 Å². The molecule has 110 valence electrons. The maximum atomic E-state index is 11.7. The van der Waals surface area contributed by atoms with Crippen molar-refractivity contribution in [3.8, 4) is 11.3 Å². The monoisotopic (exact) mass is 288 g/mol. The minimum atomic E-state index is -0.367. The standard InChI is InChI=1S/C15H16N2O4/c1-2-20-15(19)8-7-14(18)17-12-5-3-11(4-6-12)13-9-16-10-21-13/h3-6,9-10H,2,7-8H2,1H3,(H,17,18). The maximum Gasteiger partial charge on any atom is 0.306 e. The first-order valence-corrected chi connectivity index (χ1v) is 6.63. The number of hydrogen-bond donors (Lipinski definition) is 1. The Balaban J connectivity index is 1.85. The summed E-state index contributed by atoms with van der Waals surface area (Å²) < 4.78 is 9.94. The molecule has 0 aliphatic carbocycles. The highest BCUT2D eigenvalue weighted by Crippen LogP contribution is 2.20. The number of hydrogen-bond acceptors (Lipinski definition) is 5. The second kappa shape index (κ2) is 7.23. The number of amides is 1. The van der Waals surface area contributed by atoms with Crippen molar-refractivity contribution in [2.45, 2.75) is 19.8 Å². The van der Waals surface area contributed by atoms with Gasteiger partial charge in [0.15, 0.2) is 12.2 Å². The van der Waals surface area contributed by atoms with Gasteiger partial charge in [-0.1, -0.05) is 0 Å². The average molecular weight is 288 g/mol. The minimum Gasteiger partial charge on any atom is -0.466 e. The highest BCUT2D eigenvalue weighted by Gasteiger charge is 2.08. The molecule has 2 rings (SSSR count). The lowest BCUT2D eigenvalue weighted by atomic mass is 10.1. The molecule has 1 heterocycles. The first-order valence-electron chi connectivity index (χ1n) is 6.63. The fourth-order valence-corrected chi connectivity index (χ4v) is 1.75. The third-order valence-corrected chi connectivity index (χ3v) is 2.75. The zero-order valence-electron chi connectivity index (χ0n) is 11.7. The van der Waals surface area contributed by atoms with Crippen LogP contribution in [0.2, 0.25) is 0 Å². The average Bonchev–Trinajstić information content (AvgIpc) is 3.00. The summed E-state index contributed by atoms with van der Waals surface area (Å²) in [7, 11) is 0. The summed E-state index contributed by atoms with van der Waals surface area (Å²) in [6, 6.07) is 7.17. The zero-order chi connectivity index (χ0) is 15.1. The van der Waals surface area contributed by atoms with E-state index in [0.29, 0.717) is 18.1 Å². The summed E-state index contributed by atoms with van der Waals surface area (Å²) in [6.45, 7) is 2.05. The fraction of sp³-hybridized carbons (Fsp3) is 0.267. The first kappa shape index (κ1) is 14.8. The number of esters is 1. The number of nitrogens with one attached hydrogen (secondary N) is 1. The SMILES string of the molecule is CCOC(=O)CCC(=O)Nc1ccc(-c2cnco2)cc1. The largest absolute Gasteiger partial charge is 0.466 e. The lowest BCUT2D eigenvalue weighted by Crippen LogP contribution is -2.14. The second-order valence-electron chi connectivity index (χ2n) is 4.30. The molecule has 0 spiro atoms. The molecule has 1 aromatic heterocycles. The van der Waals surface area contributed by atoms with Gasteiger partial charge in [-0.3, -0.25) is 9.59 Å². The van der Waals surface area contributed by atoms with Crippen LogP contribution in [-0.2, 0) is 14.3 Å². The topological polar surface area (TPSA) is 81.4 Å². The van der Waals surface area contributed by atoms with Gasteiger partial charge in [-0.25, -0.2) is 4.98 Å². The van der Waals surface area contributed by atoms with E-state index in [2.05, 4.69) is 10.3 Å². The van der Waals surface area contributed by atoms with E-state index in [1.165, 1.54) is 6.39 Å². The van der Waals surface area contributed by atoms with Crippen molar-refractivity contribution in [2.24, 2.45) is 0 Å². The van der Waals surface area contributed by atoms with Crippen molar-refractivity contribution < 1.29 is 18.7 Å². The number of rotatable bonds is 6. The van der Waals surface area contributed by atoms with Gasteiger partial charge >= 0.3 is 5.97 Å². The Morgan fingerprint density at radius 2 is 2.00 bits per heavy atom. The smallest absolute Gasteiger partial charge is 0.306 e. The minimum absolute atomic E-state index is 0.0792.